The molecule has 1 aliphatic carbocycles. The van der Waals surface area contributed by atoms with Gasteiger partial charge >= 0.3 is 0 Å². The highest BCUT2D eigenvalue weighted by molar-refractivity contribution is 5.39. The van der Waals surface area contributed by atoms with Crippen LogP contribution in [0.4, 0.5) is 5.95 Å². The molecule has 0 spiro atoms. The molecule has 2 N–H and O–H groups in total. The highest BCUT2D eigenvalue weighted by Gasteiger charge is 2.32. The molecule has 2 aliphatic rings. The summed E-state index contributed by atoms with van der Waals surface area (Å²) in [5.74, 6) is 0.899. The van der Waals surface area contributed by atoms with Crippen molar-refractivity contribution in [3.05, 3.63) is 17.5 Å². The predicted molar refractivity (Wildman–Crippen MR) is 72.8 cm³/mol. The van der Waals surface area contributed by atoms with Gasteiger partial charge in [-0.1, -0.05) is 13.8 Å². The van der Waals surface area contributed by atoms with Crippen molar-refractivity contribution in [1.29, 1.82) is 0 Å². The first-order valence-electron chi connectivity index (χ1n) is 6.93. The molecular weight excluding hydrogens is 224 g/mol. The van der Waals surface area contributed by atoms with E-state index in [-0.39, 0.29) is 5.41 Å². The summed E-state index contributed by atoms with van der Waals surface area (Å²) in [6.07, 6.45) is 6.42. The van der Waals surface area contributed by atoms with Crippen molar-refractivity contribution in [2.45, 2.75) is 51.0 Å². The van der Waals surface area contributed by atoms with Gasteiger partial charge in [0.25, 0.3) is 0 Å². The number of fused-ring (bicyclic) bond motifs is 1. The maximum Gasteiger partial charge on any atom is 0.225 e. The van der Waals surface area contributed by atoms with E-state index in [1.807, 2.05) is 6.20 Å². The van der Waals surface area contributed by atoms with Crippen molar-refractivity contribution in [3.63, 3.8) is 0 Å². The Morgan fingerprint density at radius 2 is 2.06 bits per heavy atom. The number of aromatic nitrogens is 2. The summed E-state index contributed by atoms with van der Waals surface area (Å²) in [7, 11) is 0. The molecule has 0 saturated carbocycles. The highest BCUT2D eigenvalue weighted by atomic mass is 15.3. The van der Waals surface area contributed by atoms with Gasteiger partial charge in [-0.25, -0.2) is 9.97 Å². The van der Waals surface area contributed by atoms with Crippen molar-refractivity contribution in [2.75, 3.05) is 18.0 Å². The lowest BCUT2D eigenvalue weighted by molar-refractivity contribution is 0.488. The SMILES string of the molecule is CC1(C)CCc2cnc(N3CCC(N)CC3)nc21. The van der Waals surface area contributed by atoms with E-state index in [9.17, 15) is 0 Å². The second kappa shape index (κ2) is 4.19. The van der Waals surface area contributed by atoms with Crippen LogP contribution in [0.15, 0.2) is 6.20 Å². The van der Waals surface area contributed by atoms with E-state index < -0.39 is 0 Å². The standard InChI is InChI=1S/C14H22N4/c1-14(2)6-3-10-9-16-13(17-12(10)14)18-7-4-11(15)5-8-18/h9,11H,3-8,15H2,1-2H3. The van der Waals surface area contributed by atoms with Gasteiger partial charge < -0.3 is 10.6 Å². The van der Waals surface area contributed by atoms with Gasteiger partial charge in [-0.3, -0.25) is 0 Å². The Kier molecular flexibility index (Phi) is 2.77. The molecule has 3 rings (SSSR count). The normalized spacial score (nSPS) is 23.2. The fourth-order valence-electron chi connectivity index (χ4n) is 2.98. The van der Waals surface area contributed by atoms with E-state index in [0.29, 0.717) is 6.04 Å². The monoisotopic (exact) mass is 246 g/mol. The van der Waals surface area contributed by atoms with Crippen LogP contribution < -0.4 is 10.6 Å². The first-order chi connectivity index (χ1) is 8.56. The molecule has 1 aromatic heterocycles. The maximum atomic E-state index is 5.94. The number of hydrogen-bond acceptors (Lipinski definition) is 4. The van der Waals surface area contributed by atoms with Crippen LogP contribution in [0.25, 0.3) is 0 Å². The quantitative estimate of drug-likeness (QED) is 0.818. The molecule has 1 aliphatic heterocycles. The van der Waals surface area contributed by atoms with Gasteiger partial charge in [0.05, 0.1) is 5.69 Å². The molecule has 18 heavy (non-hydrogen) atoms. The molecule has 0 atom stereocenters. The Morgan fingerprint density at radius 1 is 1.33 bits per heavy atom. The third-order valence-corrected chi connectivity index (χ3v) is 4.33. The Hall–Kier alpha value is -1.16. The van der Waals surface area contributed by atoms with Crippen LogP contribution in [0.3, 0.4) is 0 Å². The summed E-state index contributed by atoms with van der Waals surface area (Å²) in [6, 6.07) is 0.354. The number of nitrogens with two attached hydrogens (primary N) is 1. The van der Waals surface area contributed by atoms with Crippen molar-refractivity contribution < 1.29 is 0 Å². The van der Waals surface area contributed by atoms with Crippen LogP contribution in [-0.4, -0.2) is 29.1 Å². The number of nitrogens with zero attached hydrogens (tertiary/aromatic N) is 3. The molecule has 0 unspecified atom stereocenters. The van der Waals surface area contributed by atoms with Crippen molar-refractivity contribution in [2.24, 2.45) is 5.73 Å². The van der Waals surface area contributed by atoms with Crippen LogP contribution >= 0.6 is 0 Å². The number of aryl methyl sites for hydroxylation is 1. The van der Waals surface area contributed by atoms with E-state index in [0.717, 1.165) is 38.3 Å². The van der Waals surface area contributed by atoms with Crippen molar-refractivity contribution in [1.82, 2.24) is 9.97 Å². The van der Waals surface area contributed by atoms with Gasteiger partial charge in [-0.15, -0.1) is 0 Å². The zero-order valence-electron chi connectivity index (χ0n) is 11.3. The van der Waals surface area contributed by atoms with Crippen molar-refractivity contribution in [3.8, 4) is 0 Å². The van der Waals surface area contributed by atoms with Crippen LogP contribution in [0.2, 0.25) is 0 Å². The number of anilines is 1. The molecular formula is C14H22N4. The number of rotatable bonds is 1. The minimum Gasteiger partial charge on any atom is -0.341 e. The lowest BCUT2D eigenvalue weighted by Gasteiger charge is -2.30. The van der Waals surface area contributed by atoms with Gasteiger partial charge in [0.2, 0.25) is 5.95 Å². The summed E-state index contributed by atoms with van der Waals surface area (Å²) >= 11 is 0. The minimum absolute atomic E-state index is 0.208. The summed E-state index contributed by atoms with van der Waals surface area (Å²) in [5.41, 5.74) is 8.73. The highest BCUT2D eigenvalue weighted by Crippen LogP contribution is 2.37. The molecule has 2 heterocycles. The second-order valence-electron chi connectivity index (χ2n) is 6.25. The average Bonchev–Trinajstić information content (AvgIpc) is 2.66. The zero-order valence-corrected chi connectivity index (χ0v) is 11.3. The molecule has 0 amide bonds. The Morgan fingerprint density at radius 3 is 2.78 bits per heavy atom. The molecule has 98 valence electrons. The van der Waals surface area contributed by atoms with Crippen LogP contribution in [0.1, 0.15) is 44.4 Å². The van der Waals surface area contributed by atoms with E-state index in [1.165, 1.54) is 17.7 Å². The summed E-state index contributed by atoms with van der Waals surface area (Å²) < 4.78 is 0. The van der Waals surface area contributed by atoms with Crippen molar-refractivity contribution >= 4 is 5.95 Å². The second-order valence-corrected chi connectivity index (χ2v) is 6.25. The molecule has 1 fully saturated rings. The smallest absolute Gasteiger partial charge is 0.225 e. The molecule has 1 aromatic rings. The Bertz CT molecular complexity index is 447. The predicted octanol–water partition coefficient (Wildman–Crippen LogP) is 1.63. The van der Waals surface area contributed by atoms with Gasteiger partial charge in [-0.2, -0.15) is 0 Å². The lowest BCUT2D eigenvalue weighted by atomic mass is 9.91. The van der Waals surface area contributed by atoms with Gasteiger partial charge in [0.1, 0.15) is 0 Å². The first kappa shape index (κ1) is 11.9. The summed E-state index contributed by atoms with van der Waals surface area (Å²) in [6.45, 7) is 6.53. The molecule has 0 radical (unpaired) electrons. The minimum atomic E-state index is 0.208. The lowest BCUT2D eigenvalue weighted by Crippen LogP contribution is -2.40. The van der Waals surface area contributed by atoms with Crippen LogP contribution in [-0.2, 0) is 11.8 Å². The van der Waals surface area contributed by atoms with E-state index in [4.69, 9.17) is 10.7 Å². The fourth-order valence-corrected chi connectivity index (χ4v) is 2.98. The van der Waals surface area contributed by atoms with Crippen LogP contribution in [0.5, 0.6) is 0 Å². The average molecular weight is 246 g/mol. The third-order valence-electron chi connectivity index (χ3n) is 4.33. The number of hydrogen-bond donors (Lipinski definition) is 1. The van der Waals surface area contributed by atoms with E-state index >= 15 is 0 Å². The molecule has 0 aromatic carbocycles. The molecule has 4 nitrogen and oxygen atoms in total. The largest absolute Gasteiger partial charge is 0.341 e. The first-order valence-corrected chi connectivity index (χ1v) is 6.93. The molecule has 0 bridgehead atoms. The van der Waals surface area contributed by atoms with E-state index in [1.54, 1.807) is 0 Å². The zero-order chi connectivity index (χ0) is 12.8. The topological polar surface area (TPSA) is 55.0 Å². The Labute approximate surface area is 109 Å². The Balaban J connectivity index is 1.86. The summed E-state index contributed by atoms with van der Waals surface area (Å²) in [5, 5.41) is 0. The van der Waals surface area contributed by atoms with Crippen LogP contribution in [0, 0.1) is 0 Å². The molecule has 4 heteroatoms. The van der Waals surface area contributed by atoms with Gasteiger partial charge in [-0.05, 0) is 31.2 Å². The fraction of sp³-hybridized carbons (Fsp3) is 0.714. The third kappa shape index (κ3) is 1.99. The van der Waals surface area contributed by atoms with Gasteiger partial charge in [0.15, 0.2) is 0 Å². The molecule has 1 saturated heterocycles. The summed E-state index contributed by atoms with van der Waals surface area (Å²) in [4.78, 5) is 11.6. The number of piperidine rings is 1. The maximum absolute atomic E-state index is 5.94. The van der Waals surface area contributed by atoms with E-state index in [2.05, 4.69) is 23.7 Å². The van der Waals surface area contributed by atoms with Gasteiger partial charge in [0, 0.05) is 30.7 Å².